The second-order valence-electron chi connectivity index (χ2n) is 6.11. The van der Waals surface area contributed by atoms with E-state index in [0.29, 0.717) is 6.04 Å². The van der Waals surface area contributed by atoms with Crippen molar-refractivity contribution >= 4 is 10.9 Å². The van der Waals surface area contributed by atoms with Crippen LogP contribution in [0.4, 0.5) is 0 Å². The molecule has 1 atom stereocenters. The van der Waals surface area contributed by atoms with Crippen LogP contribution in [-0.2, 0) is 6.42 Å². The number of nitrogens with zero attached hydrogens (tertiary/aromatic N) is 2. The maximum atomic E-state index is 9.04. The minimum Gasteiger partial charge on any atom is -0.361 e. The third-order valence-corrected chi connectivity index (χ3v) is 4.40. The molecule has 0 aliphatic rings. The van der Waals surface area contributed by atoms with Crippen molar-refractivity contribution in [2.75, 3.05) is 6.54 Å². The third kappa shape index (κ3) is 3.81. The minimum atomic E-state index is 0.324. The maximum Gasteiger partial charge on any atom is 0.0991 e. The molecule has 0 aliphatic carbocycles. The average molecular weight is 318 g/mol. The van der Waals surface area contributed by atoms with Crippen molar-refractivity contribution in [2.24, 2.45) is 0 Å². The molecule has 0 fully saturated rings. The first-order valence-corrected chi connectivity index (χ1v) is 8.41. The molecule has 0 saturated carbocycles. The molecule has 2 aromatic heterocycles. The Bertz CT molecular complexity index is 830. The van der Waals surface area contributed by atoms with Gasteiger partial charge in [-0.15, -0.1) is 0 Å². The van der Waals surface area contributed by atoms with Gasteiger partial charge in [-0.2, -0.15) is 5.26 Å². The fraction of sp³-hybridized carbons (Fsp3) is 0.300. The number of pyridine rings is 1. The largest absolute Gasteiger partial charge is 0.361 e. The first-order chi connectivity index (χ1) is 11.8. The van der Waals surface area contributed by atoms with Gasteiger partial charge in [-0.25, -0.2) is 0 Å². The van der Waals surface area contributed by atoms with Crippen molar-refractivity contribution in [1.29, 1.82) is 5.26 Å². The van der Waals surface area contributed by atoms with E-state index in [1.54, 1.807) is 6.20 Å². The van der Waals surface area contributed by atoms with E-state index in [9.17, 15) is 0 Å². The van der Waals surface area contributed by atoms with Crippen LogP contribution in [0.2, 0.25) is 0 Å². The van der Waals surface area contributed by atoms with E-state index >= 15 is 0 Å². The van der Waals surface area contributed by atoms with Crippen LogP contribution in [0.15, 0.2) is 48.9 Å². The number of aromatic nitrogens is 2. The highest BCUT2D eigenvalue weighted by molar-refractivity contribution is 5.84. The monoisotopic (exact) mass is 318 g/mol. The molecular weight excluding hydrogens is 296 g/mol. The van der Waals surface area contributed by atoms with Crippen molar-refractivity contribution in [2.45, 2.75) is 32.2 Å². The molecular formula is C20H22N4. The Kier molecular flexibility index (Phi) is 5.25. The number of unbranched alkanes of at least 4 members (excludes halogenated alkanes) is 1. The number of H-pyrrole nitrogens is 1. The molecule has 1 unspecified atom stereocenters. The summed E-state index contributed by atoms with van der Waals surface area (Å²) in [6.07, 6.45) is 9.05. The molecule has 0 bridgehead atoms. The van der Waals surface area contributed by atoms with Crippen LogP contribution in [0.3, 0.4) is 0 Å². The summed E-state index contributed by atoms with van der Waals surface area (Å²) in [5.41, 5.74) is 4.34. The van der Waals surface area contributed by atoms with E-state index in [1.807, 2.05) is 30.5 Å². The SMILES string of the molecule is CC(NCCCCc1c[nH]c2ccc(C#N)cc12)c1cccnc1. The average Bonchev–Trinajstić information content (AvgIpc) is 3.04. The van der Waals surface area contributed by atoms with Gasteiger partial charge in [0.05, 0.1) is 11.6 Å². The Morgan fingerprint density at radius 1 is 1.29 bits per heavy atom. The second kappa shape index (κ2) is 7.76. The summed E-state index contributed by atoms with van der Waals surface area (Å²) in [5, 5.41) is 13.8. The van der Waals surface area contributed by atoms with Crippen molar-refractivity contribution in [3.63, 3.8) is 0 Å². The van der Waals surface area contributed by atoms with Crippen LogP contribution in [-0.4, -0.2) is 16.5 Å². The number of hydrogen-bond donors (Lipinski definition) is 2. The van der Waals surface area contributed by atoms with Crippen LogP contribution >= 0.6 is 0 Å². The zero-order chi connectivity index (χ0) is 16.8. The quantitative estimate of drug-likeness (QED) is 0.644. The Morgan fingerprint density at radius 3 is 3.00 bits per heavy atom. The number of hydrogen-bond acceptors (Lipinski definition) is 3. The van der Waals surface area contributed by atoms with E-state index in [4.69, 9.17) is 5.26 Å². The molecule has 0 spiro atoms. The molecule has 122 valence electrons. The lowest BCUT2D eigenvalue weighted by Crippen LogP contribution is -2.20. The molecule has 0 aliphatic heterocycles. The van der Waals surface area contributed by atoms with Gasteiger partial charge < -0.3 is 10.3 Å². The van der Waals surface area contributed by atoms with E-state index in [-0.39, 0.29) is 0 Å². The molecule has 2 heterocycles. The van der Waals surface area contributed by atoms with Crippen LogP contribution in [0, 0.1) is 11.3 Å². The number of rotatable bonds is 7. The summed E-state index contributed by atoms with van der Waals surface area (Å²) >= 11 is 0. The predicted octanol–water partition coefficient (Wildman–Crippen LogP) is 4.11. The summed E-state index contributed by atoms with van der Waals surface area (Å²) in [6, 6.07) is 12.4. The van der Waals surface area contributed by atoms with Crippen LogP contribution < -0.4 is 5.32 Å². The smallest absolute Gasteiger partial charge is 0.0991 e. The molecule has 3 aromatic rings. The highest BCUT2D eigenvalue weighted by Gasteiger charge is 2.06. The summed E-state index contributed by atoms with van der Waals surface area (Å²) in [5.74, 6) is 0. The van der Waals surface area contributed by atoms with Gasteiger partial charge in [-0.3, -0.25) is 4.98 Å². The molecule has 4 nitrogen and oxygen atoms in total. The third-order valence-electron chi connectivity index (χ3n) is 4.40. The summed E-state index contributed by atoms with van der Waals surface area (Å²) < 4.78 is 0. The highest BCUT2D eigenvalue weighted by atomic mass is 14.9. The first-order valence-electron chi connectivity index (χ1n) is 8.41. The van der Waals surface area contributed by atoms with Crippen molar-refractivity contribution in [3.8, 4) is 6.07 Å². The van der Waals surface area contributed by atoms with Crippen molar-refractivity contribution in [3.05, 3.63) is 65.6 Å². The van der Waals surface area contributed by atoms with Gasteiger partial charge in [0, 0.05) is 35.5 Å². The van der Waals surface area contributed by atoms with Gasteiger partial charge in [0.25, 0.3) is 0 Å². The molecule has 0 saturated heterocycles. The van der Waals surface area contributed by atoms with Crippen LogP contribution in [0.1, 0.15) is 42.5 Å². The van der Waals surface area contributed by atoms with E-state index in [1.165, 1.54) is 16.5 Å². The Labute approximate surface area is 142 Å². The van der Waals surface area contributed by atoms with Gasteiger partial charge in [0.1, 0.15) is 0 Å². The van der Waals surface area contributed by atoms with Crippen molar-refractivity contribution < 1.29 is 0 Å². The summed E-state index contributed by atoms with van der Waals surface area (Å²) in [4.78, 5) is 7.45. The minimum absolute atomic E-state index is 0.324. The summed E-state index contributed by atoms with van der Waals surface area (Å²) in [6.45, 7) is 3.15. The van der Waals surface area contributed by atoms with E-state index in [2.05, 4.69) is 40.5 Å². The summed E-state index contributed by atoms with van der Waals surface area (Å²) in [7, 11) is 0. The fourth-order valence-electron chi connectivity index (χ4n) is 2.96. The number of fused-ring (bicyclic) bond motifs is 1. The molecule has 3 rings (SSSR count). The lowest BCUT2D eigenvalue weighted by atomic mass is 10.0. The van der Waals surface area contributed by atoms with Crippen LogP contribution in [0.25, 0.3) is 10.9 Å². The fourth-order valence-corrected chi connectivity index (χ4v) is 2.96. The van der Waals surface area contributed by atoms with Gasteiger partial charge in [0.15, 0.2) is 0 Å². The van der Waals surface area contributed by atoms with Crippen molar-refractivity contribution in [1.82, 2.24) is 15.3 Å². The molecule has 2 N–H and O–H groups in total. The number of nitrogens with one attached hydrogen (secondary N) is 2. The van der Waals surface area contributed by atoms with Gasteiger partial charge in [0.2, 0.25) is 0 Å². The number of benzene rings is 1. The maximum absolute atomic E-state index is 9.04. The molecule has 24 heavy (non-hydrogen) atoms. The topological polar surface area (TPSA) is 64.5 Å². The van der Waals surface area contributed by atoms with Gasteiger partial charge >= 0.3 is 0 Å². The Balaban J connectivity index is 1.48. The number of aryl methyl sites for hydroxylation is 1. The Hall–Kier alpha value is -2.64. The van der Waals surface area contributed by atoms with E-state index in [0.717, 1.165) is 36.9 Å². The lowest BCUT2D eigenvalue weighted by molar-refractivity contribution is 0.545. The molecule has 4 heteroatoms. The molecule has 0 amide bonds. The number of aromatic amines is 1. The zero-order valence-electron chi connectivity index (χ0n) is 13.9. The van der Waals surface area contributed by atoms with Crippen LogP contribution in [0.5, 0.6) is 0 Å². The zero-order valence-corrected chi connectivity index (χ0v) is 13.9. The second-order valence-corrected chi connectivity index (χ2v) is 6.11. The first kappa shape index (κ1) is 16.2. The van der Waals surface area contributed by atoms with Gasteiger partial charge in [-0.1, -0.05) is 6.07 Å². The predicted molar refractivity (Wildman–Crippen MR) is 96.6 cm³/mol. The normalized spacial score (nSPS) is 12.2. The Morgan fingerprint density at radius 2 is 2.21 bits per heavy atom. The molecule has 0 radical (unpaired) electrons. The van der Waals surface area contributed by atoms with Gasteiger partial charge in [-0.05, 0) is 68.1 Å². The van der Waals surface area contributed by atoms with E-state index < -0.39 is 0 Å². The number of nitriles is 1. The highest BCUT2D eigenvalue weighted by Crippen LogP contribution is 2.21. The standard InChI is InChI=1S/C20H22N4/c1-15(17-6-4-9-22-13-17)23-10-3-2-5-18-14-24-20-8-7-16(12-21)11-19(18)20/h4,6-9,11,13-15,23-24H,2-3,5,10H2,1H3. The lowest BCUT2D eigenvalue weighted by Gasteiger charge is -2.13. The molecule has 1 aromatic carbocycles.